The topological polar surface area (TPSA) is 90.1 Å². The zero-order valence-electron chi connectivity index (χ0n) is 16.0. The van der Waals surface area contributed by atoms with Crippen molar-refractivity contribution < 1.29 is 23.5 Å². The molecule has 1 aliphatic rings. The Morgan fingerprint density at radius 3 is 2.79 bits per heavy atom. The van der Waals surface area contributed by atoms with Crippen LogP contribution in [0.3, 0.4) is 0 Å². The number of amides is 1. The van der Waals surface area contributed by atoms with Gasteiger partial charge in [-0.15, -0.1) is 0 Å². The average Bonchev–Trinajstić information content (AvgIpc) is 3.03. The van der Waals surface area contributed by atoms with E-state index in [0.717, 1.165) is 12.0 Å². The SMILES string of the molecule is CCOC(=O)c1oc2c(c1C)/C(=N/NC(=O)COc1ccc(Cl)cc1Cl)CCC2. The first-order valence-electron chi connectivity index (χ1n) is 9.13. The minimum atomic E-state index is -0.504. The number of nitrogens with zero attached hydrogens (tertiary/aromatic N) is 1. The Labute approximate surface area is 177 Å². The van der Waals surface area contributed by atoms with Gasteiger partial charge in [-0.1, -0.05) is 23.2 Å². The van der Waals surface area contributed by atoms with E-state index in [4.69, 9.17) is 37.1 Å². The van der Waals surface area contributed by atoms with E-state index in [0.29, 0.717) is 45.7 Å². The van der Waals surface area contributed by atoms with Crippen molar-refractivity contribution in [2.45, 2.75) is 33.1 Å². The third-order valence-corrected chi connectivity index (χ3v) is 4.89. The molecule has 1 N–H and O–H groups in total. The summed E-state index contributed by atoms with van der Waals surface area (Å²) in [5, 5.41) is 5.01. The first-order chi connectivity index (χ1) is 13.9. The Hall–Kier alpha value is -2.51. The number of furan rings is 1. The maximum absolute atomic E-state index is 12.1. The fraction of sp³-hybridized carbons (Fsp3) is 0.350. The van der Waals surface area contributed by atoms with E-state index in [1.165, 1.54) is 6.07 Å². The lowest BCUT2D eigenvalue weighted by Gasteiger charge is -2.13. The van der Waals surface area contributed by atoms with Gasteiger partial charge in [0.1, 0.15) is 11.5 Å². The van der Waals surface area contributed by atoms with Crippen LogP contribution < -0.4 is 10.2 Å². The van der Waals surface area contributed by atoms with Gasteiger partial charge in [-0.2, -0.15) is 5.10 Å². The van der Waals surface area contributed by atoms with E-state index >= 15 is 0 Å². The minimum absolute atomic E-state index is 0.179. The molecule has 0 aliphatic heterocycles. The van der Waals surface area contributed by atoms with Gasteiger partial charge in [0.15, 0.2) is 6.61 Å². The van der Waals surface area contributed by atoms with Crippen LogP contribution in [-0.4, -0.2) is 30.8 Å². The summed E-state index contributed by atoms with van der Waals surface area (Å²) in [4.78, 5) is 24.2. The van der Waals surface area contributed by atoms with Crippen molar-refractivity contribution in [3.8, 4) is 5.75 Å². The number of benzene rings is 1. The van der Waals surface area contributed by atoms with Crippen LogP contribution in [-0.2, 0) is 16.0 Å². The predicted octanol–water partition coefficient (Wildman–Crippen LogP) is 4.31. The van der Waals surface area contributed by atoms with Crippen molar-refractivity contribution in [3.63, 3.8) is 0 Å². The number of fused-ring (bicyclic) bond motifs is 1. The average molecular weight is 439 g/mol. The van der Waals surface area contributed by atoms with Gasteiger partial charge in [0.05, 0.1) is 17.3 Å². The predicted molar refractivity (Wildman–Crippen MR) is 109 cm³/mol. The third kappa shape index (κ3) is 4.92. The maximum atomic E-state index is 12.1. The Bertz CT molecular complexity index is 968. The Balaban J connectivity index is 1.69. The molecule has 0 spiro atoms. The molecule has 0 saturated heterocycles. The first kappa shape index (κ1) is 21.2. The lowest BCUT2D eigenvalue weighted by Crippen LogP contribution is -2.27. The van der Waals surface area contributed by atoms with Crippen LogP contribution >= 0.6 is 23.2 Å². The number of carbonyl (C=O) groups is 2. The zero-order chi connectivity index (χ0) is 21.0. The molecule has 2 aromatic rings. The molecule has 9 heteroatoms. The van der Waals surface area contributed by atoms with E-state index in [1.807, 2.05) is 0 Å². The van der Waals surface area contributed by atoms with Crippen LogP contribution in [0.4, 0.5) is 0 Å². The smallest absolute Gasteiger partial charge is 0.374 e. The highest BCUT2D eigenvalue weighted by atomic mass is 35.5. The molecule has 1 heterocycles. The molecule has 0 bridgehead atoms. The highest BCUT2D eigenvalue weighted by Gasteiger charge is 2.28. The highest BCUT2D eigenvalue weighted by molar-refractivity contribution is 6.35. The number of carbonyl (C=O) groups excluding carboxylic acids is 2. The molecule has 1 amide bonds. The normalized spacial score (nSPS) is 14.4. The van der Waals surface area contributed by atoms with Crippen LogP contribution in [0.15, 0.2) is 27.7 Å². The van der Waals surface area contributed by atoms with Crippen LogP contribution in [0, 0.1) is 6.92 Å². The molecular formula is C20H20Cl2N2O5. The number of hydrazone groups is 1. The Morgan fingerprint density at radius 1 is 1.28 bits per heavy atom. The van der Waals surface area contributed by atoms with Crippen molar-refractivity contribution in [2.24, 2.45) is 5.10 Å². The maximum Gasteiger partial charge on any atom is 0.374 e. The molecular weight excluding hydrogens is 419 g/mol. The number of esters is 1. The Kier molecular flexibility index (Phi) is 6.82. The summed E-state index contributed by atoms with van der Waals surface area (Å²) in [6.07, 6.45) is 2.15. The van der Waals surface area contributed by atoms with Gasteiger partial charge in [-0.3, -0.25) is 4.79 Å². The van der Waals surface area contributed by atoms with Gasteiger partial charge in [-0.05, 0) is 44.9 Å². The summed E-state index contributed by atoms with van der Waals surface area (Å²) in [6, 6.07) is 4.74. The van der Waals surface area contributed by atoms with E-state index in [1.54, 1.807) is 26.0 Å². The first-order valence-corrected chi connectivity index (χ1v) is 9.89. The molecule has 0 unspecified atom stereocenters. The summed E-state index contributed by atoms with van der Waals surface area (Å²) in [5.74, 6) is 0.259. The second kappa shape index (κ2) is 9.33. The largest absolute Gasteiger partial charge is 0.482 e. The van der Waals surface area contributed by atoms with Crippen LogP contribution in [0.2, 0.25) is 10.0 Å². The molecule has 0 atom stereocenters. The van der Waals surface area contributed by atoms with Crippen LogP contribution in [0.1, 0.15) is 47.2 Å². The van der Waals surface area contributed by atoms with Gasteiger partial charge in [0.2, 0.25) is 5.76 Å². The van der Waals surface area contributed by atoms with Crippen molar-refractivity contribution in [2.75, 3.05) is 13.2 Å². The number of rotatable bonds is 6. The van der Waals surface area contributed by atoms with E-state index in [9.17, 15) is 9.59 Å². The monoisotopic (exact) mass is 438 g/mol. The number of halogens is 2. The van der Waals surface area contributed by atoms with Crippen molar-refractivity contribution >= 4 is 40.8 Å². The van der Waals surface area contributed by atoms with Gasteiger partial charge in [0.25, 0.3) is 5.91 Å². The number of nitrogens with one attached hydrogen (secondary N) is 1. The molecule has 3 rings (SSSR count). The van der Waals surface area contributed by atoms with Crippen molar-refractivity contribution in [1.82, 2.24) is 5.43 Å². The standard InChI is InChI=1S/C20H20Cl2N2O5/c1-3-27-20(26)19-11(2)18-14(5-4-6-16(18)29-19)23-24-17(25)10-28-15-8-7-12(21)9-13(15)22/h7-9H,3-6,10H2,1-2H3,(H,24,25)/b23-14+. The molecule has 7 nitrogen and oxygen atoms in total. The number of hydrogen-bond acceptors (Lipinski definition) is 6. The van der Waals surface area contributed by atoms with Crippen molar-refractivity contribution in [3.05, 3.63) is 50.9 Å². The van der Waals surface area contributed by atoms with Gasteiger partial charge >= 0.3 is 5.97 Å². The van der Waals surface area contributed by atoms with Crippen LogP contribution in [0.5, 0.6) is 5.75 Å². The lowest BCUT2D eigenvalue weighted by atomic mass is 9.93. The molecule has 1 aromatic carbocycles. The van der Waals surface area contributed by atoms with Crippen LogP contribution in [0.25, 0.3) is 0 Å². The second-order valence-electron chi connectivity index (χ2n) is 6.39. The molecule has 29 heavy (non-hydrogen) atoms. The number of ether oxygens (including phenoxy) is 2. The fourth-order valence-electron chi connectivity index (χ4n) is 3.07. The lowest BCUT2D eigenvalue weighted by molar-refractivity contribution is -0.123. The third-order valence-electron chi connectivity index (χ3n) is 4.35. The van der Waals surface area contributed by atoms with Crippen molar-refractivity contribution in [1.29, 1.82) is 0 Å². The zero-order valence-corrected chi connectivity index (χ0v) is 17.5. The highest BCUT2D eigenvalue weighted by Crippen LogP contribution is 2.30. The number of aryl methyl sites for hydroxylation is 1. The molecule has 0 radical (unpaired) electrons. The Morgan fingerprint density at radius 2 is 2.07 bits per heavy atom. The summed E-state index contributed by atoms with van der Waals surface area (Å²) < 4.78 is 16.1. The molecule has 0 saturated carbocycles. The molecule has 154 valence electrons. The van der Waals surface area contributed by atoms with Gasteiger partial charge in [0, 0.05) is 22.6 Å². The quantitative estimate of drug-likeness (QED) is 0.535. The molecule has 0 fully saturated rings. The van der Waals surface area contributed by atoms with Gasteiger partial charge < -0.3 is 13.9 Å². The minimum Gasteiger partial charge on any atom is -0.482 e. The summed E-state index contributed by atoms with van der Waals surface area (Å²) in [5.41, 5.74) is 4.55. The van der Waals surface area contributed by atoms with Gasteiger partial charge in [-0.25, -0.2) is 10.2 Å². The second-order valence-corrected chi connectivity index (χ2v) is 7.23. The summed E-state index contributed by atoms with van der Waals surface area (Å²) in [6.45, 7) is 3.52. The number of hydrogen-bond donors (Lipinski definition) is 1. The summed E-state index contributed by atoms with van der Waals surface area (Å²) >= 11 is 11.9. The summed E-state index contributed by atoms with van der Waals surface area (Å²) in [7, 11) is 0. The van der Waals surface area contributed by atoms with E-state index < -0.39 is 11.9 Å². The fourth-order valence-corrected chi connectivity index (χ4v) is 3.53. The molecule has 1 aliphatic carbocycles. The van der Waals surface area contributed by atoms with E-state index in [2.05, 4.69) is 10.5 Å². The van der Waals surface area contributed by atoms with E-state index in [-0.39, 0.29) is 19.0 Å². The molecule has 1 aromatic heterocycles.